The highest BCUT2D eigenvalue weighted by Crippen LogP contribution is 2.03. The first-order valence-corrected chi connectivity index (χ1v) is 4.78. The fourth-order valence-corrected chi connectivity index (χ4v) is 1.93. The molecule has 0 aromatic heterocycles. The predicted octanol–water partition coefficient (Wildman–Crippen LogP) is 1.42. The van der Waals surface area contributed by atoms with E-state index in [0.717, 1.165) is 6.42 Å². The van der Waals surface area contributed by atoms with Gasteiger partial charge in [0.05, 0.1) is 16.9 Å². The molecule has 1 aromatic carbocycles. The van der Waals surface area contributed by atoms with Crippen LogP contribution in [0.5, 0.6) is 0 Å². The first kappa shape index (κ1) is 7.53. The van der Waals surface area contributed by atoms with E-state index >= 15 is 0 Å². The minimum absolute atomic E-state index is 1.04. The lowest BCUT2D eigenvalue weighted by molar-refractivity contribution is 1.20. The zero-order valence-electron chi connectivity index (χ0n) is 7.75. The van der Waals surface area contributed by atoms with Crippen LogP contribution in [0.1, 0.15) is 11.1 Å². The van der Waals surface area contributed by atoms with Crippen LogP contribution < -0.4 is 10.4 Å². The van der Waals surface area contributed by atoms with Crippen LogP contribution >= 0.6 is 0 Å². The Labute approximate surface area is 82.9 Å². The summed E-state index contributed by atoms with van der Waals surface area (Å²) < 4.78 is 0. The highest BCUT2D eigenvalue weighted by Gasteiger charge is 2.09. The smallest absolute Gasteiger partial charge is 0.0783 e. The number of rotatable bonds is 0. The Morgan fingerprint density at radius 3 is 3.29 bits per heavy atom. The second-order valence-electron chi connectivity index (χ2n) is 3.50. The van der Waals surface area contributed by atoms with E-state index < -0.39 is 0 Å². The van der Waals surface area contributed by atoms with Crippen molar-refractivity contribution in [3.8, 4) is 0 Å². The van der Waals surface area contributed by atoms with Crippen molar-refractivity contribution in [1.82, 2.24) is 0 Å². The molecular formula is C14H9+. The van der Waals surface area contributed by atoms with Crippen LogP contribution in [-0.4, -0.2) is 0 Å². The molecule has 0 aliphatic heterocycles. The van der Waals surface area contributed by atoms with E-state index in [4.69, 9.17) is 0 Å². The molecule has 0 fully saturated rings. The van der Waals surface area contributed by atoms with Gasteiger partial charge in [0.2, 0.25) is 0 Å². The van der Waals surface area contributed by atoms with Crippen molar-refractivity contribution in [2.45, 2.75) is 6.42 Å². The maximum absolute atomic E-state index is 3.26. The summed E-state index contributed by atoms with van der Waals surface area (Å²) in [7, 11) is 0. The van der Waals surface area contributed by atoms with Crippen molar-refractivity contribution in [1.29, 1.82) is 0 Å². The quantitative estimate of drug-likeness (QED) is 0.415. The number of fused-ring (bicyclic) bond motifs is 3. The van der Waals surface area contributed by atoms with Crippen LogP contribution in [0.4, 0.5) is 0 Å². The monoisotopic (exact) mass is 177 g/mol. The number of hydrogen-bond donors (Lipinski definition) is 0. The molecule has 0 heterocycles. The minimum atomic E-state index is 1.04. The van der Waals surface area contributed by atoms with Crippen molar-refractivity contribution in [2.24, 2.45) is 0 Å². The van der Waals surface area contributed by atoms with Gasteiger partial charge in [-0.05, 0) is 18.2 Å². The molecule has 3 rings (SSSR count). The normalized spacial score (nSPS) is 14.9. The number of allylic oxidation sites excluding steroid dienone is 3. The van der Waals surface area contributed by atoms with Crippen LogP contribution in [0.2, 0.25) is 0 Å². The van der Waals surface area contributed by atoms with Crippen molar-refractivity contribution >= 4 is 18.2 Å². The summed E-state index contributed by atoms with van der Waals surface area (Å²) in [4.78, 5) is 0. The number of benzene rings is 1. The standard InChI is InChI=1S/C14H9/c1-3-7-13-11(5-1)9-10-12-6-2-4-8-14(12)13/h1,3-4,6-7,9-10H,5H2/q+1. The molecule has 64 valence electrons. The molecule has 0 N–H and O–H groups in total. The van der Waals surface area contributed by atoms with Gasteiger partial charge in [0.1, 0.15) is 6.08 Å². The lowest BCUT2D eigenvalue weighted by Crippen LogP contribution is -2.31. The van der Waals surface area contributed by atoms with Crippen LogP contribution in [-0.2, 0) is 6.42 Å². The fourth-order valence-electron chi connectivity index (χ4n) is 1.93. The summed E-state index contributed by atoms with van der Waals surface area (Å²) in [5.41, 5.74) is 5.67. The summed E-state index contributed by atoms with van der Waals surface area (Å²) in [6.07, 6.45) is 14.6. The first-order valence-electron chi connectivity index (χ1n) is 4.78. The second-order valence-corrected chi connectivity index (χ2v) is 3.50. The van der Waals surface area contributed by atoms with Gasteiger partial charge in [-0.1, -0.05) is 12.2 Å². The molecule has 0 heteroatoms. The van der Waals surface area contributed by atoms with Crippen molar-refractivity contribution in [3.63, 3.8) is 0 Å². The van der Waals surface area contributed by atoms with E-state index in [1.54, 1.807) is 0 Å². The van der Waals surface area contributed by atoms with Gasteiger partial charge in [0, 0.05) is 23.8 Å². The Balaban J connectivity index is 2.50. The van der Waals surface area contributed by atoms with Gasteiger partial charge in [-0.15, -0.1) is 0 Å². The van der Waals surface area contributed by atoms with E-state index in [1.807, 2.05) is 12.2 Å². The topological polar surface area (TPSA) is 0 Å². The van der Waals surface area contributed by atoms with Gasteiger partial charge in [-0.25, -0.2) is 0 Å². The summed E-state index contributed by atoms with van der Waals surface area (Å²) in [6.45, 7) is 0. The minimum Gasteiger partial charge on any atom is -0.0783 e. The largest absolute Gasteiger partial charge is 0.164 e. The molecule has 0 nitrogen and oxygen atoms in total. The lowest BCUT2D eigenvalue weighted by Gasteiger charge is -2.00. The summed E-state index contributed by atoms with van der Waals surface area (Å²) in [5, 5.41) is 2.53. The van der Waals surface area contributed by atoms with Crippen molar-refractivity contribution in [3.05, 3.63) is 57.7 Å². The third-order valence-electron chi connectivity index (χ3n) is 2.64. The molecule has 2 aliphatic rings. The van der Waals surface area contributed by atoms with E-state index in [9.17, 15) is 0 Å². The first-order chi connectivity index (χ1) is 6.95. The Hall–Kier alpha value is -1.87. The molecule has 0 unspecified atom stereocenters. The number of hydrogen-bond acceptors (Lipinski definition) is 0. The highest BCUT2D eigenvalue weighted by molar-refractivity contribution is 5.62. The SMILES string of the molecule is C1=C[C+]=c2c(ccc3c2=CC=CC3)C=1. The molecular weight excluding hydrogens is 168 g/mol. The Bertz CT molecular complexity index is 592. The molecule has 0 atom stereocenters. The third-order valence-corrected chi connectivity index (χ3v) is 2.64. The summed E-state index contributed by atoms with van der Waals surface area (Å²) in [6, 6.07) is 4.34. The van der Waals surface area contributed by atoms with Gasteiger partial charge in [0.15, 0.2) is 5.22 Å². The molecule has 0 amide bonds. The van der Waals surface area contributed by atoms with Gasteiger partial charge >= 0.3 is 0 Å². The zero-order valence-corrected chi connectivity index (χ0v) is 7.75. The molecule has 0 radical (unpaired) electrons. The van der Waals surface area contributed by atoms with Crippen LogP contribution in [0.3, 0.4) is 0 Å². The second kappa shape index (κ2) is 2.82. The summed E-state index contributed by atoms with van der Waals surface area (Å²) >= 11 is 0. The van der Waals surface area contributed by atoms with Crippen LogP contribution in [0.15, 0.2) is 36.1 Å². The third kappa shape index (κ3) is 0.995. The van der Waals surface area contributed by atoms with E-state index in [0.29, 0.717) is 0 Å². The molecule has 0 saturated heterocycles. The maximum atomic E-state index is 3.26. The molecule has 2 aliphatic carbocycles. The lowest BCUT2D eigenvalue weighted by atomic mass is 9.97. The van der Waals surface area contributed by atoms with E-state index in [1.165, 1.54) is 21.6 Å². The molecule has 14 heavy (non-hydrogen) atoms. The average molecular weight is 177 g/mol. The highest BCUT2D eigenvalue weighted by atomic mass is 14.1. The fraction of sp³-hybridized carbons (Fsp3) is 0.0714. The molecule has 0 bridgehead atoms. The average Bonchev–Trinajstić information content (AvgIpc) is 2.29. The summed E-state index contributed by atoms with van der Waals surface area (Å²) in [5.74, 6) is 0. The van der Waals surface area contributed by atoms with Crippen LogP contribution in [0.25, 0.3) is 18.2 Å². The van der Waals surface area contributed by atoms with E-state index in [-0.39, 0.29) is 0 Å². The maximum Gasteiger partial charge on any atom is 0.164 e. The molecule has 0 saturated carbocycles. The van der Waals surface area contributed by atoms with Gasteiger partial charge in [0.25, 0.3) is 0 Å². The Morgan fingerprint density at radius 1 is 1.29 bits per heavy atom. The van der Waals surface area contributed by atoms with Crippen molar-refractivity contribution < 1.29 is 0 Å². The Morgan fingerprint density at radius 2 is 2.29 bits per heavy atom. The van der Waals surface area contributed by atoms with Crippen molar-refractivity contribution in [2.75, 3.05) is 0 Å². The van der Waals surface area contributed by atoms with Crippen LogP contribution in [0, 0.1) is 0 Å². The molecule has 1 aromatic rings. The van der Waals surface area contributed by atoms with Gasteiger partial charge in [-0.3, -0.25) is 0 Å². The molecule has 0 spiro atoms. The predicted molar refractivity (Wildman–Crippen MR) is 59.0 cm³/mol. The zero-order chi connectivity index (χ0) is 9.38. The van der Waals surface area contributed by atoms with Gasteiger partial charge in [-0.2, -0.15) is 0 Å². The van der Waals surface area contributed by atoms with E-state index in [2.05, 4.69) is 42.2 Å². The Kier molecular flexibility index (Phi) is 1.52. The van der Waals surface area contributed by atoms with Gasteiger partial charge < -0.3 is 0 Å².